The summed E-state index contributed by atoms with van der Waals surface area (Å²) < 4.78 is 5.96. The monoisotopic (exact) mass is 344 g/mol. The number of Topliss-reactive ketones (excluding diaryl/α,β-unsaturated/α-hetero) is 2. The van der Waals surface area contributed by atoms with Crippen LogP contribution < -0.4 is 0 Å². The smallest absolute Gasteiger partial charge is 0.163 e. The van der Waals surface area contributed by atoms with E-state index in [4.69, 9.17) is 16.3 Å². The van der Waals surface area contributed by atoms with Crippen molar-refractivity contribution in [1.82, 2.24) is 0 Å². The van der Waals surface area contributed by atoms with Gasteiger partial charge in [-0.3, -0.25) is 9.59 Å². The van der Waals surface area contributed by atoms with Crippen molar-refractivity contribution in [1.29, 1.82) is 0 Å². The van der Waals surface area contributed by atoms with E-state index < -0.39 is 5.92 Å². The molecule has 0 spiro atoms. The maximum Gasteiger partial charge on any atom is 0.163 e. The Morgan fingerprint density at radius 2 is 1.54 bits per heavy atom. The number of hydrogen-bond donors (Lipinski definition) is 1. The van der Waals surface area contributed by atoms with Gasteiger partial charge in [0.15, 0.2) is 11.6 Å². The Hall–Kier alpha value is -2.07. The summed E-state index contributed by atoms with van der Waals surface area (Å²) in [6.07, 6.45) is 3.76. The van der Waals surface area contributed by atoms with Gasteiger partial charge in [-0.1, -0.05) is 11.6 Å². The molecule has 4 nitrogen and oxygen atoms in total. The fourth-order valence-corrected chi connectivity index (χ4v) is 4.07. The average molecular weight is 345 g/mol. The molecule has 1 N–H and O–H groups in total. The predicted molar refractivity (Wildman–Crippen MR) is 88.7 cm³/mol. The van der Waals surface area contributed by atoms with E-state index in [2.05, 4.69) is 0 Å². The summed E-state index contributed by atoms with van der Waals surface area (Å²) >= 11 is 6.11. The first kappa shape index (κ1) is 15.5. The Balaban J connectivity index is 1.96. The number of benzene rings is 1. The number of carbonyl (C=O) groups excluding carboxylic acids is 2. The number of halogens is 1. The fraction of sp³-hybridized carbons (Fsp3) is 0.368. The third-order valence-corrected chi connectivity index (χ3v) is 5.18. The Morgan fingerprint density at radius 3 is 2.12 bits per heavy atom. The highest BCUT2D eigenvalue weighted by Crippen LogP contribution is 2.49. The lowest BCUT2D eigenvalue weighted by molar-refractivity contribution is -0.117. The zero-order valence-corrected chi connectivity index (χ0v) is 13.9. The van der Waals surface area contributed by atoms with E-state index in [-0.39, 0.29) is 17.3 Å². The minimum Gasteiger partial charge on any atom is -0.508 e. The number of carbonyl (C=O) groups is 2. The topological polar surface area (TPSA) is 63.6 Å². The first-order chi connectivity index (χ1) is 11.6. The largest absolute Gasteiger partial charge is 0.508 e. The van der Waals surface area contributed by atoms with E-state index in [0.717, 1.165) is 12.8 Å². The number of ether oxygens (including phenoxy) is 1. The predicted octanol–water partition coefficient (Wildman–Crippen LogP) is 4.17. The summed E-state index contributed by atoms with van der Waals surface area (Å²) in [5.74, 6) is 0.772. The van der Waals surface area contributed by atoms with Gasteiger partial charge in [0, 0.05) is 47.4 Å². The summed E-state index contributed by atoms with van der Waals surface area (Å²) in [4.78, 5) is 25.2. The molecular weight excluding hydrogens is 328 g/mol. The molecule has 0 fully saturated rings. The Labute approximate surface area is 144 Å². The summed E-state index contributed by atoms with van der Waals surface area (Å²) in [5.41, 5.74) is 1.55. The minimum absolute atomic E-state index is 0.00875. The number of aromatic hydroxyl groups is 1. The normalized spacial score (nSPS) is 21.5. The van der Waals surface area contributed by atoms with Crippen LogP contribution in [0.2, 0.25) is 5.02 Å². The summed E-state index contributed by atoms with van der Waals surface area (Å²) in [7, 11) is 0. The molecule has 1 aromatic carbocycles. The second-order valence-corrected chi connectivity index (χ2v) is 6.90. The van der Waals surface area contributed by atoms with E-state index >= 15 is 0 Å². The lowest BCUT2D eigenvalue weighted by Crippen LogP contribution is -2.30. The Morgan fingerprint density at radius 1 is 0.958 bits per heavy atom. The van der Waals surface area contributed by atoms with E-state index in [9.17, 15) is 14.7 Å². The molecular formula is C19H17ClO4. The number of phenols is 1. The first-order valence-electron chi connectivity index (χ1n) is 8.25. The molecule has 124 valence electrons. The SMILES string of the molecule is O=C1CCCC2=C1C(c1cc(Cl)ccc1O)C1=C(CCCC1=O)O2. The van der Waals surface area contributed by atoms with Crippen molar-refractivity contribution in [2.75, 3.05) is 0 Å². The molecule has 0 atom stereocenters. The fourth-order valence-electron chi connectivity index (χ4n) is 3.89. The van der Waals surface area contributed by atoms with Crippen molar-refractivity contribution in [3.05, 3.63) is 51.4 Å². The quantitative estimate of drug-likeness (QED) is 0.830. The van der Waals surface area contributed by atoms with Gasteiger partial charge in [-0.25, -0.2) is 0 Å². The van der Waals surface area contributed by atoms with Crippen LogP contribution in [0.3, 0.4) is 0 Å². The van der Waals surface area contributed by atoms with Crippen LogP contribution in [0.4, 0.5) is 0 Å². The van der Waals surface area contributed by atoms with Gasteiger partial charge in [-0.2, -0.15) is 0 Å². The lowest BCUT2D eigenvalue weighted by Gasteiger charge is -2.36. The van der Waals surface area contributed by atoms with Crippen molar-refractivity contribution in [2.45, 2.75) is 44.4 Å². The molecule has 0 bridgehead atoms. The van der Waals surface area contributed by atoms with Gasteiger partial charge in [-0.15, -0.1) is 0 Å². The molecule has 1 heterocycles. The lowest BCUT2D eigenvalue weighted by atomic mass is 9.73. The van der Waals surface area contributed by atoms with Gasteiger partial charge >= 0.3 is 0 Å². The van der Waals surface area contributed by atoms with Crippen LogP contribution in [0.5, 0.6) is 5.75 Å². The van der Waals surface area contributed by atoms with Crippen LogP contribution in [0.25, 0.3) is 0 Å². The molecule has 5 heteroatoms. The third kappa shape index (κ3) is 2.37. The average Bonchev–Trinajstić information content (AvgIpc) is 2.56. The molecule has 4 rings (SSSR count). The number of phenolic OH excluding ortho intramolecular Hbond substituents is 1. The van der Waals surface area contributed by atoms with E-state index in [0.29, 0.717) is 58.9 Å². The second kappa shape index (κ2) is 5.78. The molecule has 0 aromatic heterocycles. The van der Waals surface area contributed by atoms with Gasteiger partial charge < -0.3 is 9.84 Å². The van der Waals surface area contributed by atoms with Crippen molar-refractivity contribution in [2.24, 2.45) is 0 Å². The highest BCUT2D eigenvalue weighted by Gasteiger charge is 2.42. The summed E-state index contributed by atoms with van der Waals surface area (Å²) in [6.45, 7) is 0. The zero-order chi connectivity index (χ0) is 16.8. The molecule has 0 unspecified atom stereocenters. The minimum atomic E-state index is -0.567. The van der Waals surface area contributed by atoms with E-state index in [1.807, 2.05) is 0 Å². The Bertz CT molecular complexity index is 777. The van der Waals surface area contributed by atoms with Gasteiger partial charge in [-0.05, 0) is 31.0 Å². The van der Waals surface area contributed by atoms with Crippen molar-refractivity contribution >= 4 is 23.2 Å². The standard InChI is InChI=1S/C19H17ClO4/c20-10-7-8-12(21)11(9-10)17-18-13(22)3-1-5-15(18)24-16-6-2-4-14(23)19(16)17/h7-9,17,21H,1-6H2. The van der Waals surface area contributed by atoms with Gasteiger partial charge in [0.1, 0.15) is 17.3 Å². The molecule has 0 radical (unpaired) electrons. The van der Waals surface area contributed by atoms with Crippen LogP contribution >= 0.6 is 11.6 Å². The zero-order valence-electron chi connectivity index (χ0n) is 13.1. The molecule has 0 amide bonds. The van der Waals surface area contributed by atoms with Crippen LogP contribution in [-0.4, -0.2) is 16.7 Å². The number of hydrogen-bond acceptors (Lipinski definition) is 4. The Kier molecular flexibility index (Phi) is 3.72. The first-order valence-corrected chi connectivity index (χ1v) is 8.63. The van der Waals surface area contributed by atoms with Crippen LogP contribution in [0.1, 0.15) is 50.0 Å². The van der Waals surface area contributed by atoms with Gasteiger partial charge in [0.05, 0.1) is 5.92 Å². The second-order valence-electron chi connectivity index (χ2n) is 6.47. The van der Waals surface area contributed by atoms with Crippen LogP contribution in [0.15, 0.2) is 40.9 Å². The van der Waals surface area contributed by atoms with Crippen molar-refractivity contribution < 1.29 is 19.4 Å². The maximum absolute atomic E-state index is 12.6. The van der Waals surface area contributed by atoms with Crippen LogP contribution in [0, 0.1) is 0 Å². The number of rotatable bonds is 1. The molecule has 1 aromatic rings. The molecule has 24 heavy (non-hydrogen) atoms. The van der Waals surface area contributed by atoms with Crippen LogP contribution in [-0.2, 0) is 14.3 Å². The molecule has 2 aliphatic carbocycles. The van der Waals surface area contributed by atoms with E-state index in [1.165, 1.54) is 6.07 Å². The van der Waals surface area contributed by atoms with E-state index in [1.54, 1.807) is 12.1 Å². The highest BCUT2D eigenvalue weighted by molar-refractivity contribution is 6.30. The third-order valence-electron chi connectivity index (χ3n) is 4.94. The van der Waals surface area contributed by atoms with Crippen molar-refractivity contribution in [3.63, 3.8) is 0 Å². The summed E-state index contributed by atoms with van der Waals surface area (Å²) in [6, 6.07) is 4.75. The number of allylic oxidation sites excluding steroid dienone is 4. The molecule has 3 aliphatic rings. The van der Waals surface area contributed by atoms with Gasteiger partial charge in [0.2, 0.25) is 0 Å². The number of ketones is 2. The summed E-state index contributed by atoms with van der Waals surface area (Å²) in [5, 5.41) is 10.8. The molecule has 1 aliphatic heterocycles. The molecule has 0 saturated heterocycles. The highest BCUT2D eigenvalue weighted by atomic mass is 35.5. The molecule has 0 saturated carbocycles. The van der Waals surface area contributed by atoms with Crippen molar-refractivity contribution in [3.8, 4) is 5.75 Å². The van der Waals surface area contributed by atoms with Gasteiger partial charge in [0.25, 0.3) is 0 Å². The maximum atomic E-state index is 12.6.